The van der Waals surface area contributed by atoms with Gasteiger partial charge in [-0.25, -0.2) is 4.79 Å². The Hall–Kier alpha value is -1.65. The first kappa shape index (κ1) is 11.4. The highest BCUT2D eigenvalue weighted by Crippen LogP contribution is 2.09. The maximum atomic E-state index is 11.2. The van der Waals surface area contributed by atoms with Crippen LogP contribution in [0.5, 0.6) is 0 Å². The highest BCUT2D eigenvalue weighted by molar-refractivity contribution is 5.67. The van der Waals surface area contributed by atoms with Gasteiger partial charge in [-0.15, -0.1) is 0 Å². The molecule has 0 aliphatic rings. The third kappa shape index (κ3) is 4.39. The number of nitrogens with one attached hydrogen (secondary N) is 1. The summed E-state index contributed by atoms with van der Waals surface area (Å²) in [6, 6.07) is 3.33. The van der Waals surface area contributed by atoms with E-state index in [1.54, 1.807) is 32.9 Å². The normalized spacial score (nSPS) is 11.1. The minimum Gasteiger partial charge on any atom is -0.444 e. The smallest absolute Gasteiger partial charge is 0.408 e. The predicted molar refractivity (Wildman–Crippen MR) is 56.2 cm³/mol. The number of rotatable bonds is 2. The van der Waals surface area contributed by atoms with Crippen molar-refractivity contribution in [2.24, 2.45) is 0 Å². The van der Waals surface area contributed by atoms with Crippen LogP contribution in [0.1, 0.15) is 26.5 Å². The molecule has 1 aromatic heterocycles. The fourth-order valence-electron chi connectivity index (χ4n) is 0.963. The molecule has 0 unspecified atom stereocenters. The summed E-state index contributed by atoms with van der Waals surface area (Å²) < 4.78 is 10.1. The first-order chi connectivity index (χ1) is 6.87. The van der Waals surface area contributed by atoms with Crippen LogP contribution in [0.15, 0.2) is 16.5 Å². The Bertz CT molecular complexity index is 339. The second-order valence-electron chi connectivity index (χ2n) is 4.16. The summed E-state index contributed by atoms with van der Waals surface area (Å²) >= 11 is 0. The van der Waals surface area contributed by atoms with Crippen molar-refractivity contribution in [3.8, 4) is 0 Å². The Balaban J connectivity index is 2.35. The summed E-state index contributed by atoms with van der Waals surface area (Å²) in [5, 5.41) is 2.56. The van der Waals surface area contributed by atoms with Gasteiger partial charge in [0.2, 0.25) is 0 Å². The van der Waals surface area contributed by atoms with Crippen LogP contribution >= 0.6 is 0 Å². The summed E-state index contributed by atoms with van der Waals surface area (Å²) in [7, 11) is 0. The molecule has 0 atom stereocenters. The molecule has 0 saturated carbocycles. The van der Waals surface area contributed by atoms with Crippen LogP contribution in [-0.2, 0) is 11.3 Å². The van der Waals surface area contributed by atoms with Gasteiger partial charge in [0.05, 0.1) is 6.54 Å². The molecule has 84 valence electrons. The van der Waals surface area contributed by atoms with Crippen LogP contribution in [0.25, 0.3) is 0 Å². The minimum atomic E-state index is -0.494. The quantitative estimate of drug-likeness (QED) is 0.784. The Kier molecular flexibility index (Phi) is 3.24. The number of ether oxygens (including phenoxy) is 1. The zero-order chi connectivity index (χ0) is 11.5. The van der Waals surface area contributed by atoms with Crippen molar-refractivity contribution in [1.29, 1.82) is 0 Å². The van der Waals surface area contributed by atoms with Gasteiger partial charge in [-0.3, -0.25) is 0 Å². The molecule has 15 heavy (non-hydrogen) atoms. The average molecular weight is 212 g/mol. The van der Waals surface area contributed by atoms with E-state index in [9.17, 15) is 4.79 Å². The zero-order valence-corrected chi connectivity index (χ0v) is 9.16. The third-order valence-electron chi connectivity index (χ3n) is 1.49. The summed E-state index contributed by atoms with van der Waals surface area (Å²) in [5.74, 6) is 0.925. The van der Waals surface area contributed by atoms with Crippen molar-refractivity contribution in [3.05, 3.63) is 17.9 Å². The Morgan fingerprint density at radius 3 is 2.67 bits per heavy atom. The maximum absolute atomic E-state index is 11.2. The topological polar surface area (TPSA) is 77.5 Å². The lowest BCUT2D eigenvalue weighted by atomic mass is 10.2. The van der Waals surface area contributed by atoms with E-state index in [2.05, 4.69) is 5.32 Å². The predicted octanol–water partition coefficient (Wildman–Crippen LogP) is 1.89. The Morgan fingerprint density at radius 1 is 1.53 bits per heavy atom. The van der Waals surface area contributed by atoms with Crippen LogP contribution in [0.4, 0.5) is 10.7 Å². The van der Waals surface area contributed by atoms with Gasteiger partial charge in [-0.1, -0.05) is 0 Å². The molecule has 0 spiro atoms. The average Bonchev–Trinajstić information content (AvgIpc) is 2.45. The number of hydrogen-bond donors (Lipinski definition) is 2. The van der Waals surface area contributed by atoms with Crippen molar-refractivity contribution in [3.63, 3.8) is 0 Å². The molecule has 0 radical (unpaired) electrons. The van der Waals surface area contributed by atoms with Crippen LogP contribution < -0.4 is 11.1 Å². The number of anilines is 1. The summed E-state index contributed by atoms with van der Waals surface area (Å²) in [6.45, 7) is 5.68. The number of furan rings is 1. The number of carbonyl (C=O) groups excluding carboxylic acids is 1. The van der Waals surface area contributed by atoms with Gasteiger partial charge < -0.3 is 20.2 Å². The molecule has 5 nitrogen and oxygen atoms in total. The van der Waals surface area contributed by atoms with Crippen molar-refractivity contribution < 1.29 is 13.9 Å². The number of hydrogen-bond acceptors (Lipinski definition) is 4. The van der Waals surface area contributed by atoms with Crippen molar-refractivity contribution in [1.82, 2.24) is 5.32 Å². The molecule has 5 heteroatoms. The van der Waals surface area contributed by atoms with Crippen molar-refractivity contribution >= 4 is 12.0 Å². The molecule has 0 saturated heterocycles. The lowest BCUT2D eigenvalue weighted by molar-refractivity contribution is 0.0520. The van der Waals surface area contributed by atoms with Gasteiger partial charge in [0.1, 0.15) is 11.4 Å². The number of nitrogens with two attached hydrogens (primary N) is 1. The second-order valence-corrected chi connectivity index (χ2v) is 4.16. The van der Waals surface area contributed by atoms with E-state index in [1.165, 1.54) is 0 Å². The zero-order valence-electron chi connectivity index (χ0n) is 9.16. The Labute approximate surface area is 88.6 Å². The molecular formula is C10H16N2O3. The summed E-state index contributed by atoms with van der Waals surface area (Å²) in [6.07, 6.45) is -0.475. The molecule has 0 fully saturated rings. The second kappa shape index (κ2) is 4.25. The minimum absolute atomic E-state index is 0.270. The largest absolute Gasteiger partial charge is 0.444 e. The summed E-state index contributed by atoms with van der Waals surface area (Å²) in [5.41, 5.74) is 4.88. The summed E-state index contributed by atoms with van der Waals surface area (Å²) in [4.78, 5) is 11.2. The van der Waals surface area contributed by atoms with E-state index in [4.69, 9.17) is 14.9 Å². The molecule has 1 heterocycles. The van der Waals surface area contributed by atoms with Crippen LogP contribution in [0.3, 0.4) is 0 Å². The molecule has 3 N–H and O–H groups in total. The number of alkyl carbamates (subject to hydrolysis) is 1. The molecule has 0 aliphatic heterocycles. The molecule has 1 amide bonds. The van der Waals surface area contributed by atoms with Gasteiger partial charge in [0.25, 0.3) is 0 Å². The van der Waals surface area contributed by atoms with Gasteiger partial charge >= 0.3 is 6.09 Å². The van der Waals surface area contributed by atoms with Crippen molar-refractivity contribution in [2.45, 2.75) is 32.9 Å². The van der Waals surface area contributed by atoms with E-state index >= 15 is 0 Å². The van der Waals surface area contributed by atoms with Gasteiger partial charge in [0, 0.05) is 6.07 Å². The molecule has 1 aromatic rings. The highest BCUT2D eigenvalue weighted by Gasteiger charge is 2.15. The lowest BCUT2D eigenvalue weighted by Gasteiger charge is -2.19. The van der Waals surface area contributed by atoms with Gasteiger partial charge in [0.15, 0.2) is 5.88 Å². The third-order valence-corrected chi connectivity index (χ3v) is 1.49. The Morgan fingerprint density at radius 2 is 2.20 bits per heavy atom. The molecule has 0 aliphatic carbocycles. The fourth-order valence-corrected chi connectivity index (χ4v) is 0.963. The molecule has 1 rings (SSSR count). The lowest BCUT2D eigenvalue weighted by Crippen LogP contribution is -2.32. The van der Waals surface area contributed by atoms with E-state index in [-0.39, 0.29) is 6.54 Å². The first-order valence-corrected chi connectivity index (χ1v) is 4.68. The SMILES string of the molecule is CC(C)(C)OC(=O)NCc1ccc(N)o1. The van der Waals surface area contributed by atoms with Gasteiger partial charge in [-0.2, -0.15) is 0 Å². The van der Waals surface area contributed by atoms with Gasteiger partial charge in [-0.05, 0) is 26.8 Å². The highest BCUT2D eigenvalue weighted by atomic mass is 16.6. The molecular weight excluding hydrogens is 196 g/mol. The monoisotopic (exact) mass is 212 g/mol. The first-order valence-electron chi connectivity index (χ1n) is 4.68. The number of nitrogen functional groups attached to an aromatic ring is 1. The molecule has 0 aromatic carbocycles. The van der Waals surface area contributed by atoms with E-state index in [0.717, 1.165) is 0 Å². The van der Waals surface area contributed by atoms with Crippen LogP contribution in [0, 0.1) is 0 Å². The van der Waals surface area contributed by atoms with E-state index < -0.39 is 11.7 Å². The van der Waals surface area contributed by atoms with E-state index in [1.807, 2.05) is 0 Å². The van der Waals surface area contributed by atoms with Crippen molar-refractivity contribution in [2.75, 3.05) is 5.73 Å². The number of amides is 1. The van der Waals surface area contributed by atoms with Crippen LogP contribution in [-0.4, -0.2) is 11.7 Å². The standard InChI is InChI=1S/C10H16N2O3/c1-10(2,3)15-9(13)12-6-7-4-5-8(11)14-7/h4-5H,6,11H2,1-3H3,(H,12,13). The van der Waals surface area contributed by atoms with Crippen LogP contribution in [0.2, 0.25) is 0 Å². The van der Waals surface area contributed by atoms with E-state index in [0.29, 0.717) is 11.6 Å². The maximum Gasteiger partial charge on any atom is 0.408 e. The molecule has 0 bridgehead atoms. The fraction of sp³-hybridized carbons (Fsp3) is 0.500. The number of carbonyl (C=O) groups is 1.